The van der Waals surface area contributed by atoms with E-state index in [-0.39, 0.29) is 33.8 Å². The Kier molecular flexibility index (Phi) is 4.54. The summed E-state index contributed by atoms with van der Waals surface area (Å²) < 4.78 is 26.9. The minimum Gasteiger partial charge on any atom is -0.365 e. The fourth-order valence-electron chi connectivity index (χ4n) is 1.58. The van der Waals surface area contributed by atoms with Crippen molar-refractivity contribution in [1.82, 2.24) is 9.97 Å². The number of aromatic nitrogens is 2. The SMILES string of the molecule is NC(=O)c1cnc(Cl)nc1NCc1c(F)ccc(F)c1Cl. The summed E-state index contributed by atoms with van der Waals surface area (Å²) in [7, 11) is 0. The second kappa shape index (κ2) is 6.19. The predicted octanol–water partition coefficient (Wildman–Crippen LogP) is 2.77. The van der Waals surface area contributed by atoms with E-state index in [1.54, 1.807) is 0 Å². The molecule has 1 aromatic heterocycles. The van der Waals surface area contributed by atoms with Crippen LogP contribution >= 0.6 is 23.2 Å². The Morgan fingerprint density at radius 3 is 2.62 bits per heavy atom. The number of hydrogen-bond donors (Lipinski definition) is 2. The highest BCUT2D eigenvalue weighted by atomic mass is 35.5. The minimum absolute atomic E-state index is 0.00206. The lowest BCUT2D eigenvalue weighted by atomic mass is 10.2. The molecule has 9 heteroatoms. The first-order valence-electron chi connectivity index (χ1n) is 5.58. The number of primary amides is 1. The Morgan fingerprint density at radius 1 is 1.29 bits per heavy atom. The monoisotopic (exact) mass is 332 g/mol. The second-order valence-electron chi connectivity index (χ2n) is 3.94. The zero-order chi connectivity index (χ0) is 15.6. The Labute approximate surface area is 128 Å². The van der Waals surface area contributed by atoms with Crippen LogP contribution in [0.25, 0.3) is 0 Å². The molecule has 0 radical (unpaired) electrons. The van der Waals surface area contributed by atoms with E-state index in [1.807, 2.05) is 0 Å². The van der Waals surface area contributed by atoms with Crippen LogP contribution in [0.5, 0.6) is 0 Å². The molecule has 21 heavy (non-hydrogen) atoms. The van der Waals surface area contributed by atoms with Crippen molar-refractivity contribution in [3.05, 3.63) is 51.4 Å². The van der Waals surface area contributed by atoms with E-state index in [1.165, 1.54) is 0 Å². The van der Waals surface area contributed by atoms with Gasteiger partial charge in [-0.1, -0.05) is 11.6 Å². The molecule has 2 rings (SSSR count). The number of anilines is 1. The second-order valence-corrected chi connectivity index (χ2v) is 4.66. The van der Waals surface area contributed by atoms with E-state index in [0.717, 1.165) is 18.3 Å². The van der Waals surface area contributed by atoms with Gasteiger partial charge in [-0.15, -0.1) is 0 Å². The predicted molar refractivity (Wildman–Crippen MR) is 74.3 cm³/mol. The quantitative estimate of drug-likeness (QED) is 0.666. The lowest BCUT2D eigenvalue weighted by Gasteiger charge is -2.11. The molecular formula is C12H8Cl2F2N4O. The number of halogens is 4. The highest BCUT2D eigenvalue weighted by Crippen LogP contribution is 2.24. The molecule has 2 aromatic rings. The molecule has 0 saturated carbocycles. The summed E-state index contributed by atoms with van der Waals surface area (Å²) in [6, 6.07) is 1.86. The number of amides is 1. The molecule has 3 N–H and O–H groups in total. The van der Waals surface area contributed by atoms with Gasteiger partial charge in [-0.2, -0.15) is 4.98 Å². The largest absolute Gasteiger partial charge is 0.365 e. The summed E-state index contributed by atoms with van der Waals surface area (Å²) in [5.74, 6) is -2.25. The molecule has 0 bridgehead atoms. The fourth-order valence-corrected chi connectivity index (χ4v) is 1.93. The van der Waals surface area contributed by atoms with Gasteiger partial charge in [0, 0.05) is 18.3 Å². The summed E-state index contributed by atoms with van der Waals surface area (Å²) in [5, 5.41) is 2.14. The van der Waals surface area contributed by atoms with Crippen molar-refractivity contribution in [2.45, 2.75) is 6.54 Å². The van der Waals surface area contributed by atoms with Gasteiger partial charge in [0.05, 0.1) is 10.6 Å². The number of rotatable bonds is 4. The summed E-state index contributed by atoms with van der Waals surface area (Å²) in [5.41, 5.74) is 5.01. The number of carbonyl (C=O) groups is 1. The molecule has 0 spiro atoms. The molecule has 1 aromatic carbocycles. The van der Waals surface area contributed by atoms with E-state index in [0.29, 0.717) is 0 Å². The van der Waals surface area contributed by atoms with E-state index < -0.39 is 17.5 Å². The van der Waals surface area contributed by atoms with Gasteiger partial charge in [0.1, 0.15) is 17.5 Å². The van der Waals surface area contributed by atoms with Crippen molar-refractivity contribution >= 4 is 34.9 Å². The zero-order valence-electron chi connectivity index (χ0n) is 10.3. The van der Waals surface area contributed by atoms with Crippen LogP contribution in [0.2, 0.25) is 10.3 Å². The van der Waals surface area contributed by atoms with Gasteiger partial charge in [0.25, 0.3) is 5.91 Å². The van der Waals surface area contributed by atoms with Crippen LogP contribution in [0.15, 0.2) is 18.3 Å². The molecule has 5 nitrogen and oxygen atoms in total. The number of nitrogens with two attached hydrogens (primary N) is 1. The van der Waals surface area contributed by atoms with Crippen LogP contribution in [0, 0.1) is 11.6 Å². The molecule has 0 aliphatic rings. The molecule has 1 amide bonds. The summed E-state index contributed by atoms with van der Waals surface area (Å²) in [4.78, 5) is 18.6. The Hall–Kier alpha value is -1.99. The topological polar surface area (TPSA) is 80.9 Å². The van der Waals surface area contributed by atoms with Crippen molar-refractivity contribution in [3.63, 3.8) is 0 Å². The van der Waals surface area contributed by atoms with Crippen LogP contribution in [-0.2, 0) is 6.54 Å². The van der Waals surface area contributed by atoms with Crippen molar-refractivity contribution in [2.24, 2.45) is 5.73 Å². The molecule has 0 aliphatic carbocycles. The highest BCUT2D eigenvalue weighted by molar-refractivity contribution is 6.31. The van der Waals surface area contributed by atoms with Gasteiger partial charge in [0.2, 0.25) is 5.28 Å². The summed E-state index contributed by atoms with van der Waals surface area (Å²) in [6.07, 6.45) is 1.13. The van der Waals surface area contributed by atoms with Gasteiger partial charge in [-0.25, -0.2) is 13.8 Å². The minimum atomic E-state index is -0.792. The van der Waals surface area contributed by atoms with Gasteiger partial charge in [0.15, 0.2) is 0 Å². The van der Waals surface area contributed by atoms with Crippen molar-refractivity contribution in [1.29, 1.82) is 0 Å². The van der Waals surface area contributed by atoms with E-state index in [4.69, 9.17) is 28.9 Å². The standard InChI is InChI=1S/C12H8Cl2F2N4O/c13-9-5(7(15)1-2-8(9)16)3-18-11-6(10(17)21)4-19-12(14)20-11/h1-2,4H,3H2,(H2,17,21)(H,18,19,20). The first-order valence-corrected chi connectivity index (χ1v) is 6.34. The lowest BCUT2D eigenvalue weighted by molar-refractivity contribution is 0.100. The first-order chi connectivity index (χ1) is 9.90. The highest BCUT2D eigenvalue weighted by Gasteiger charge is 2.15. The van der Waals surface area contributed by atoms with E-state index in [2.05, 4.69) is 15.3 Å². The molecule has 0 unspecified atom stereocenters. The fraction of sp³-hybridized carbons (Fsp3) is 0.0833. The average molecular weight is 333 g/mol. The van der Waals surface area contributed by atoms with E-state index in [9.17, 15) is 13.6 Å². The molecule has 0 saturated heterocycles. The Balaban J connectivity index is 2.31. The van der Waals surface area contributed by atoms with Gasteiger partial charge < -0.3 is 11.1 Å². The number of hydrogen-bond acceptors (Lipinski definition) is 4. The third kappa shape index (κ3) is 3.37. The van der Waals surface area contributed by atoms with Crippen molar-refractivity contribution < 1.29 is 13.6 Å². The number of nitrogens with one attached hydrogen (secondary N) is 1. The molecule has 0 aliphatic heterocycles. The summed E-state index contributed by atoms with van der Waals surface area (Å²) in [6.45, 7) is -0.212. The van der Waals surface area contributed by atoms with Crippen molar-refractivity contribution in [2.75, 3.05) is 5.32 Å². The molecule has 0 atom stereocenters. The van der Waals surface area contributed by atoms with Crippen LogP contribution in [-0.4, -0.2) is 15.9 Å². The molecule has 0 fully saturated rings. The number of nitrogens with zero attached hydrogens (tertiary/aromatic N) is 2. The van der Waals surface area contributed by atoms with Gasteiger partial charge in [-0.3, -0.25) is 4.79 Å². The van der Waals surface area contributed by atoms with Crippen LogP contribution < -0.4 is 11.1 Å². The van der Waals surface area contributed by atoms with Gasteiger partial charge >= 0.3 is 0 Å². The molecular weight excluding hydrogens is 325 g/mol. The normalized spacial score (nSPS) is 10.5. The third-order valence-electron chi connectivity index (χ3n) is 2.60. The van der Waals surface area contributed by atoms with Crippen molar-refractivity contribution in [3.8, 4) is 0 Å². The average Bonchev–Trinajstić information content (AvgIpc) is 2.43. The van der Waals surface area contributed by atoms with Gasteiger partial charge in [-0.05, 0) is 23.7 Å². The van der Waals surface area contributed by atoms with Crippen LogP contribution in [0.4, 0.5) is 14.6 Å². The molecule has 110 valence electrons. The van der Waals surface area contributed by atoms with Crippen LogP contribution in [0.3, 0.4) is 0 Å². The number of carbonyl (C=O) groups excluding carboxylic acids is 1. The summed E-state index contributed by atoms with van der Waals surface area (Å²) >= 11 is 11.3. The molecule has 1 heterocycles. The zero-order valence-corrected chi connectivity index (χ0v) is 11.8. The first kappa shape index (κ1) is 15.4. The maximum Gasteiger partial charge on any atom is 0.254 e. The maximum atomic E-state index is 13.6. The smallest absolute Gasteiger partial charge is 0.254 e. The number of benzene rings is 1. The third-order valence-corrected chi connectivity index (χ3v) is 3.19. The van der Waals surface area contributed by atoms with Crippen LogP contribution in [0.1, 0.15) is 15.9 Å². The van der Waals surface area contributed by atoms with E-state index >= 15 is 0 Å². The Bertz CT molecular complexity index is 712. The maximum absolute atomic E-state index is 13.6. The lowest BCUT2D eigenvalue weighted by Crippen LogP contribution is -2.16. The Morgan fingerprint density at radius 2 is 1.95 bits per heavy atom.